The number of hydrogen-bond acceptors (Lipinski definition) is 6. The zero-order valence-electron chi connectivity index (χ0n) is 10.9. The Kier molecular flexibility index (Phi) is 4.38. The van der Waals surface area contributed by atoms with Crippen LogP contribution in [0.25, 0.3) is 0 Å². The van der Waals surface area contributed by atoms with E-state index < -0.39 is 10.0 Å². The summed E-state index contributed by atoms with van der Waals surface area (Å²) in [6, 6.07) is 6.56. The number of methoxy groups -OCH3 is 1. The van der Waals surface area contributed by atoms with Crippen molar-refractivity contribution in [3.63, 3.8) is 0 Å². The SMILES string of the molecule is COc1ccc(CNCc2ccc(S(N)(=O)=O)o2)cn1. The van der Waals surface area contributed by atoms with Crippen molar-refractivity contribution in [3.8, 4) is 5.88 Å². The second kappa shape index (κ2) is 6.04. The van der Waals surface area contributed by atoms with E-state index in [-0.39, 0.29) is 5.09 Å². The van der Waals surface area contributed by atoms with Crippen LogP contribution >= 0.6 is 0 Å². The van der Waals surface area contributed by atoms with Crippen LogP contribution in [0.3, 0.4) is 0 Å². The Morgan fingerprint density at radius 1 is 1.30 bits per heavy atom. The maximum absolute atomic E-state index is 11.0. The van der Waals surface area contributed by atoms with E-state index in [0.29, 0.717) is 24.7 Å². The summed E-state index contributed by atoms with van der Waals surface area (Å²) >= 11 is 0. The highest BCUT2D eigenvalue weighted by atomic mass is 32.2. The summed E-state index contributed by atoms with van der Waals surface area (Å²) in [6.45, 7) is 0.962. The molecule has 0 saturated heterocycles. The number of nitrogens with one attached hydrogen (secondary N) is 1. The molecule has 0 amide bonds. The molecule has 0 bridgehead atoms. The lowest BCUT2D eigenvalue weighted by molar-refractivity contribution is 0.396. The van der Waals surface area contributed by atoms with E-state index in [4.69, 9.17) is 14.3 Å². The molecule has 0 aliphatic heterocycles. The summed E-state index contributed by atoms with van der Waals surface area (Å²) in [5.41, 5.74) is 0.976. The van der Waals surface area contributed by atoms with Crippen LogP contribution in [-0.2, 0) is 23.1 Å². The Bertz CT molecular complexity index is 664. The van der Waals surface area contributed by atoms with Crippen LogP contribution in [0.4, 0.5) is 0 Å². The summed E-state index contributed by atoms with van der Waals surface area (Å²) in [7, 11) is -2.23. The Morgan fingerprint density at radius 2 is 2.10 bits per heavy atom. The molecule has 2 rings (SSSR count). The van der Waals surface area contributed by atoms with Gasteiger partial charge in [-0.1, -0.05) is 6.07 Å². The molecular formula is C12H15N3O4S. The molecule has 2 heterocycles. The maximum atomic E-state index is 11.0. The van der Waals surface area contributed by atoms with E-state index >= 15 is 0 Å². The lowest BCUT2D eigenvalue weighted by atomic mass is 10.3. The molecule has 7 nitrogen and oxygen atoms in total. The largest absolute Gasteiger partial charge is 0.481 e. The minimum absolute atomic E-state index is 0.236. The standard InChI is InChI=1S/C12H15N3O4S/c1-18-11-4-2-9(7-15-11)6-14-8-10-3-5-12(19-10)20(13,16)17/h2-5,7,14H,6,8H2,1H3,(H2,13,16,17). The van der Waals surface area contributed by atoms with Gasteiger partial charge in [0.05, 0.1) is 13.7 Å². The van der Waals surface area contributed by atoms with Gasteiger partial charge >= 0.3 is 0 Å². The van der Waals surface area contributed by atoms with Crippen molar-refractivity contribution in [2.45, 2.75) is 18.2 Å². The molecule has 0 spiro atoms. The molecule has 0 saturated carbocycles. The van der Waals surface area contributed by atoms with Crippen molar-refractivity contribution in [1.82, 2.24) is 10.3 Å². The second-order valence-corrected chi connectivity index (χ2v) is 5.57. The van der Waals surface area contributed by atoms with Gasteiger partial charge in [0.15, 0.2) is 0 Å². The first-order valence-electron chi connectivity index (χ1n) is 5.80. The fourth-order valence-corrected chi connectivity index (χ4v) is 2.05. The van der Waals surface area contributed by atoms with E-state index in [1.807, 2.05) is 6.07 Å². The molecule has 20 heavy (non-hydrogen) atoms. The number of hydrogen-bond donors (Lipinski definition) is 2. The molecule has 0 radical (unpaired) electrons. The second-order valence-electron chi connectivity index (χ2n) is 4.08. The fraction of sp³-hybridized carbons (Fsp3) is 0.250. The summed E-state index contributed by atoms with van der Waals surface area (Å²) in [5.74, 6) is 1.05. The van der Waals surface area contributed by atoms with Crippen LogP contribution in [0.15, 0.2) is 40.0 Å². The predicted octanol–water partition coefficient (Wildman–Crippen LogP) is 0.620. The number of pyridine rings is 1. The zero-order chi connectivity index (χ0) is 14.6. The third-order valence-electron chi connectivity index (χ3n) is 2.55. The molecule has 0 aliphatic rings. The molecular weight excluding hydrogens is 282 g/mol. The third-order valence-corrected chi connectivity index (χ3v) is 3.33. The smallest absolute Gasteiger partial charge is 0.271 e. The molecule has 0 atom stereocenters. The Balaban J connectivity index is 1.88. The van der Waals surface area contributed by atoms with Gasteiger partial charge < -0.3 is 14.5 Å². The van der Waals surface area contributed by atoms with Crippen molar-refractivity contribution in [2.75, 3.05) is 7.11 Å². The normalized spacial score (nSPS) is 11.5. The van der Waals surface area contributed by atoms with Crippen molar-refractivity contribution in [1.29, 1.82) is 0 Å². The molecule has 8 heteroatoms. The molecule has 0 aliphatic carbocycles. The van der Waals surface area contributed by atoms with Gasteiger partial charge in [0.25, 0.3) is 10.0 Å². The predicted molar refractivity (Wildman–Crippen MR) is 71.4 cm³/mol. The van der Waals surface area contributed by atoms with Crippen LogP contribution in [0, 0.1) is 0 Å². The molecule has 0 fully saturated rings. The van der Waals surface area contributed by atoms with E-state index in [0.717, 1.165) is 5.56 Å². The van der Waals surface area contributed by atoms with Crippen LogP contribution in [-0.4, -0.2) is 20.5 Å². The van der Waals surface area contributed by atoms with Crippen LogP contribution in [0.2, 0.25) is 0 Å². The third kappa shape index (κ3) is 3.80. The zero-order valence-corrected chi connectivity index (χ0v) is 11.7. The fourth-order valence-electron chi connectivity index (χ4n) is 1.57. The average Bonchev–Trinajstić information content (AvgIpc) is 2.88. The van der Waals surface area contributed by atoms with Crippen molar-refractivity contribution in [3.05, 3.63) is 41.8 Å². The Morgan fingerprint density at radius 3 is 2.65 bits per heavy atom. The van der Waals surface area contributed by atoms with Crippen molar-refractivity contribution < 1.29 is 17.6 Å². The number of rotatable bonds is 6. The minimum atomic E-state index is -3.79. The van der Waals surface area contributed by atoms with E-state index in [2.05, 4.69) is 10.3 Å². The highest BCUT2D eigenvalue weighted by Gasteiger charge is 2.12. The molecule has 3 N–H and O–H groups in total. The van der Waals surface area contributed by atoms with Gasteiger partial charge in [-0.2, -0.15) is 0 Å². The lowest BCUT2D eigenvalue weighted by Gasteiger charge is -2.04. The quantitative estimate of drug-likeness (QED) is 0.809. The van der Waals surface area contributed by atoms with Crippen molar-refractivity contribution >= 4 is 10.0 Å². The maximum Gasteiger partial charge on any atom is 0.271 e. The molecule has 2 aromatic heterocycles. The number of nitrogens with zero attached hydrogens (tertiary/aromatic N) is 1. The van der Waals surface area contributed by atoms with Crippen LogP contribution in [0.5, 0.6) is 5.88 Å². The number of ether oxygens (including phenoxy) is 1. The highest BCUT2D eigenvalue weighted by Crippen LogP contribution is 2.12. The molecule has 0 aromatic carbocycles. The minimum Gasteiger partial charge on any atom is -0.481 e. The van der Waals surface area contributed by atoms with Gasteiger partial charge in [0.1, 0.15) is 5.76 Å². The Hall–Kier alpha value is -1.90. The van der Waals surface area contributed by atoms with Gasteiger partial charge in [-0.15, -0.1) is 0 Å². The lowest BCUT2D eigenvalue weighted by Crippen LogP contribution is -2.13. The molecule has 0 unspecified atom stereocenters. The van der Waals surface area contributed by atoms with Crippen LogP contribution in [0.1, 0.15) is 11.3 Å². The van der Waals surface area contributed by atoms with E-state index in [1.165, 1.54) is 6.07 Å². The van der Waals surface area contributed by atoms with Gasteiger partial charge in [-0.3, -0.25) is 0 Å². The summed E-state index contributed by atoms with van der Waals surface area (Å²) in [4.78, 5) is 4.08. The van der Waals surface area contributed by atoms with Crippen LogP contribution < -0.4 is 15.2 Å². The summed E-state index contributed by atoms with van der Waals surface area (Å²) in [5, 5.41) is 7.83. The molecule has 2 aromatic rings. The number of aromatic nitrogens is 1. The highest BCUT2D eigenvalue weighted by molar-refractivity contribution is 7.89. The average molecular weight is 297 g/mol. The van der Waals surface area contributed by atoms with Gasteiger partial charge in [-0.25, -0.2) is 18.5 Å². The van der Waals surface area contributed by atoms with Crippen molar-refractivity contribution in [2.24, 2.45) is 5.14 Å². The number of sulfonamides is 1. The first-order valence-corrected chi connectivity index (χ1v) is 7.35. The summed E-state index contributed by atoms with van der Waals surface area (Å²) in [6.07, 6.45) is 1.70. The number of primary sulfonamides is 1. The van der Waals surface area contributed by atoms with Gasteiger partial charge in [0, 0.05) is 18.8 Å². The first kappa shape index (κ1) is 14.5. The molecule has 108 valence electrons. The number of nitrogens with two attached hydrogens (primary N) is 1. The van der Waals surface area contributed by atoms with E-state index in [9.17, 15) is 8.42 Å². The topological polar surface area (TPSA) is 107 Å². The van der Waals surface area contributed by atoms with Gasteiger partial charge in [-0.05, 0) is 17.7 Å². The van der Waals surface area contributed by atoms with E-state index in [1.54, 1.807) is 25.4 Å². The summed E-state index contributed by atoms with van der Waals surface area (Å²) < 4.78 is 32.2. The number of furan rings is 1. The Labute approximate surface area is 116 Å². The first-order chi connectivity index (χ1) is 9.49. The van der Waals surface area contributed by atoms with Gasteiger partial charge in [0.2, 0.25) is 11.0 Å². The monoisotopic (exact) mass is 297 g/mol.